The zero-order valence-corrected chi connectivity index (χ0v) is 12.1. The van der Waals surface area contributed by atoms with Gasteiger partial charge in [0.2, 0.25) is 0 Å². The summed E-state index contributed by atoms with van der Waals surface area (Å²) in [5.41, 5.74) is 0.220. The fraction of sp³-hybridized carbons (Fsp3) is 0. The summed E-state index contributed by atoms with van der Waals surface area (Å²) in [5, 5.41) is 0. The number of benzene rings is 1. The van der Waals surface area contributed by atoms with Crippen LogP contribution in [0.4, 0.5) is 0 Å². The van der Waals surface area contributed by atoms with E-state index in [4.69, 9.17) is 8.92 Å². The van der Waals surface area contributed by atoms with E-state index >= 15 is 0 Å². The van der Waals surface area contributed by atoms with E-state index in [1.807, 2.05) is 4.72 Å². The Bertz CT molecular complexity index is 543. The van der Waals surface area contributed by atoms with Gasteiger partial charge in [-0.2, -0.15) is 0 Å². The van der Waals surface area contributed by atoms with Crippen molar-refractivity contribution in [3.63, 3.8) is 0 Å². The molecule has 2 rings (SSSR count). The van der Waals surface area contributed by atoms with Gasteiger partial charge in [0.15, 0.2) is 0 Å². The van der Waals surface area contributed by atoms with E-state index < -0.39 is 25.2 Å². The number of sulfonamides is 1. The number of rotatable bonds is 0. The summed E-state index contributed by atoms with van der Waals surface area (Å²) in [6.45, 7) is 0. The molecule has 0 fully saturated rings. The van der Waals surface area contributed by atoms with E-state index in [0.717, 1.165) is 0 Å². The van der Waals surface area contributed by atoms with Gasteiger partial charge in [0.05, 0.1) is 5.56 Å². The smallest absolute Gasteiger partial charge is 1.00 e. The van der Waals surface area contributed by atoms with Gasteiger partial charge in [0, 0.05) is 0 Å². The molecule has 16 heavy (non-hydrogen) atoms. The van der Waals surface area contributed by atoms with Crippen LogP contribution in [0.3, 0.4) is 0 Å². The van der Waals surface area contributed by atoms with Crippen LogP contribution in [0.15, 0.2) is 29.2 Å². The molecule has 80 valence electrons. The first-order valence-electron chi connectivity index (χ1n) is 3.68. The molecule has 6 nitrogen and oxygen atoms in total. The van der Waals surface area contributed by atoms with Gasteiger partial charge >= 0.3 is 38.8 Å². The molecule has 0 bridgehead atoms. The molecule has 1 aromatic rings. The topological polar surface area (TPSA) is 97.4 Å². The third-order valence-electron chi connectivity index (χ3n) is 1.65. The molecule has 9 heteroatoms. The average Bonchev–Trinajstić information content (AvgIpc) is 2.40. The molecule has 0 aliphatic carbocycles. The van der Waals surface area contributed by atoms with Crippen molar-refractivity contribution >= 4 is 25.2 Å². The minimum absolute atomic E-state index is 0. The number of amides is 1. The summed E-state index contributed by atoms with van der Waals surface area (Å²) in [5.74, 6) is -0.550. The Labute approximate surface area is 117 Å². The summed E-state index contributed by atoms with van der Waals surface area (Å²) < 4.78 is 41.0. The van der Waals surface area contributed by atoms with E-state index in [0.29, 0.717) is 0 Å². The zero-order valence-electron chi connectivity index (χ0n) is 9.26. The van der Waals surface area contributed by atoms with Crippen molar-refractivity contribution in [1.82, 2.24) is 4.72 Å². The molecule has 0 unspecified atom stereocenters. The Kier molecular flexibility index (Phi) is 6.04. The largest absolute Gasteiger partial charge is 1.00 e. The van der Waals surface area contributed by atoms with Crippen LogP contribution in [-0.4, -0.2) is 23.6 Å². The summed E-state index contributed by atoms with van der Waals surface area (Å²) in [6, 6.07) is 6.09. The van der Waals surface area contributed by atoms with Crippen LogP contribution >= 0.6 is 0 Å². The summed E-state index contributed by atoms with van der Waals surface area (Å²) in [6.07, 6.45) is 0. The van der Waals surface area contributed by atoms with Crippen LogP contribution in [0.25, 0.3) is 0 Å². The molecule has 0 saturated heterocycles. The van der Waals surface area contributed by atoms with E-state index in [-0.39, 0.29) is 41.4 Å². The fourth-order valence-corrected chi connectivity index (χ4v) is 2.29. The van der Waals surface area contributed by atoms with Crippen molar-refractivity contribution in [2.24, 2.45) is 0 Å². The molecule has 0 radical (unpaired) electrons. The third kappa shape index (κ3) is 3.22. The summed E-state index contributed by atoms with van der Waals surface area (Å²) in [4.78, 5) is 11.1. The van der Waals surface area contributed by atoms with Crippen LogP contribution in [0, 0.1) is 0 Å². The second-order valence-electron chi connectivity index (χ2n) is 2.51. The summed E-state index contributed by atoms with van der Waals surface area (Å²) >= 11 is 0. The van der Waals surface area contributed by atoms with Gasteiger partial charge in [0.25, 0.3) is 15.9 Å². The van der Waals surface area contributed by atoms with Crippen molar-refractivity contribution in [3.05, 3.63) is 29.8 Å². The fourth-order valence-electron chi connectivity index (χ4n) is 1.12. The van der Waals surface area contributed by atoms with Gasteiger partial charge in [-0.3, -0.25) is 13.7 Å². The molecule has 1 aromatic carbocycles. The summed E-state index contributed by atoms with van der Waals surface area (Å²) in [7, 11) is -4.97. The number of hydrogen-bond acceptors (Lipinski definition) is 5. The maximum Gasteiger partial charge on any atom is 1.00 e. The maximum atomic E-state index is 11.1. The van der Waals surface area contributed by atoms with Crippen LogP contribution in [0.5, 0.6) is 0 Å². The van der Waals surface area contributed by atoms with Gasteiger partial charge in [-0.1, -0.05) is 12.1 Å². The van der Waals surface area contributed by atoms with Crippen molar-refractivity contribution in [1.29, 1.82) is 0 Å². The first kappa shape index (κ1) is 15.5. The Hall–Kier alpha value is -0.543. The molecule has 0 saturated carbocycles. The zero-order chi connectivity index (χ0) is 11.5. The normalized spacial score (nSPS) is 14.4. The predicted octanol–water partition coefficient (Wildman–Crippen LogP) is -3.38. The molecule has 0 atom stereocenters. The number of hydrogen-bond donors (Lipinski definition) is 1. The van der Waals surface area contributed by atoms with E-state index in [1.54, 1.807) is 12.1 Å². The Morgan fingerprint density at radius 2 is 1.69 bits per heavy atom. The second kappa shape index (κ2) is 6.26. The van der Waals surface area contributed by atoms with E-state index in [2.05, 4.69) is 0 Å². The van der Waals surface area contributed by atoms with Crippen LogP contribution in [0.2, 0.25) is 0 Å². The van der Waals surface area contributed by atoms with Crippen molar-refractivity contribution in [2.75, 3.05) is 0 Å². The Morgan fingerprint density at radius 3 is 2.19 bits per heavy atom. The van der Waals surface area contributed by atoms with Crippen LogP contribution in [-0.2, 0) is 18.9 Å². The van der Waals surface area contributed by atoms with Gasteiger partial charge in [-0.25, -0.2) is 13.1 Å². The van der Waals surface area contributed by atoms with Crippen molar-refractivity contribution < 1.29 is 53.1 Å². The van der Waals surface area contributed by atoms with Gasteiger partial charge in [0.1, 0.15) is 4.90 Å². The third-order valence-corrected chi connectivity index (χ3v) is 3.04. The second-order valence-corrected chi connectivity index (χ2v) is 4.33. The minimum atomic E-state index is -3.55. The van der Waals surface area contributed by atoms with Crippen LogP contribution in [0.1, 0.15) is 11.8 Å². The first-order valence-corrected chi connectivity index (χ1v) is 5.98. The molecular formula is C7H6NNaO5SSi. The van der Waals surface area contributed by atoms with E-state index in [9.17, 15) is 13.2 Å². The van der Waals surface area contributed by atoms with Gasteiger partial charge in [-0.05, 0) is 12.1 Å². The molecule has 1 aliphatic rings. The monoisotopic (exact) mass is 267 g/mol. The number of fused-ring (bicyclic) bond motifs is 1. The number of carbonyl (C=O) groups excluding carboxylic acids is 1. The molecular weight excluding hydrogens is 261 g/mol. The maximum absolute atomic E-state index is 11.1. The standard InChI is InChI=1S/C7H5NO3S.Na.O2Si.H/c9-7-5-3-1-2-4-6(5)12(10,11)8-7;;1-3-2;/h1-4H,(H,8,9);;;/q;+1;;-1. The molecule has 0 spiro atoms. The number of nitrogens with one attached hydrogen (secondary N) is 1. The predicted molar refractivity (Wildman–Crippen MR) is 49.3 cm³/mol. The van der Waals surface area contributed by atoms with Crippen molar-refractivity contribution in [2.45, 2.75) is 4.90 Å². The van der Waals surface area contributed by atoms with E-state index in [1.165, 1.54) is 12.1 Å². The SMILES string of the molecule is O=C1NS(=O)(=O)c2ccccc21.O=[Si]=O.[H-].[Na+]. The molecule has 1 aliphatic heterocycles. The van der Waals surface area contributed by atoms with Gasteiger partial charge in [-0.15, -0.1) is 0 Å². The minimum Gasteiger partial charge on any atom is -1.00 e. The molecule has 1 amide bonds. The number of carbonyl (C=O) groups is 1. The molecule has 1 heterocycles. The first-order chi connectivity index (χ1) is 7.03. The van der Waals surface area contributed by atoms with Gasteiger partial charge < -0.3 is 1.43 Å². The Balaban J connectivity index is 0. The average molecular weight is 267 g/mol. The van der Waals surface area contributed by atoms with Crippen molar-refractivity contribution in [3.8, 4) is 0 Å². The quantitative estimate of drug-likeness (QED) is 0.495. The Morgan fingerprint density at radius 1 is 1.19 bits per heavy atom. The molecule has 0 aromatic heterocycles. The van der Waals surface area contributed by atoms with Crippen LogP contribution < -0.4 is 34.3 Å². The molecule has 1 N–H and O–H groups in total.